The zero-order valence-corrected chi connectivity index (χ0v) is 11.1. The number of thioether (sulfide) groups is 1. The number of benzene rings is 1. The Hall–Kier alpha value is -1.97. The molecule has 0 aliphatic heterocycles. The Labute approximate surface area is 117 Å². The number of rotatable bonds is 3. The van der Waals surface area contributed by atoms with Crippen LogP contribution in [0.1, 0.15) is 11.1 Å². The maximum Gasteiger partial charge on any atom is 0.314 e. The minimum absolute atomic E-state index is 0.496. The molecule has 0 unspecified atom stereocenters. The minimum Gasteiger partial charge on any atom is -0.322 e. The van der Waals surface area contributed by atoms with Crippen LogP contribution in [0.3, 0.4) is 0 Å². The van der Waals surface area contributed by atoms with Crippen molar-refractivity contribution in [2.75, 3.05) is 0 Å². The van der Waals surface area contributed by atoms with Crippen molar-refractivity contribution in [3.63, 3.8) is 0 Å². The molecule has 1 aromatic carbocycles. The summed E-state index contributed by atoms with van der Waals surface area (Å²) in [4.78, 5) is 26.8. The Kier molecular flexibility index (Phi) is 4.10. The molecule has 0 saturated carbocycles. The molecule has 0 spiro atoms. The minimum atomic E-state index is -0.684. The van der Waals surface area contributed by atoms with E-state index in [1.165, 1.54) is 18.0 Å². The van der Waals surface area contributed by atoms with Crippen molar-refractivity contribution in [3.05, 3.63) is 61.3 Å². The number of nitriles is 1. The van der Waals surface area contributed by atoms with Gasteiger partial charge in [0.1, 0.15) is 0 Å². The molecule has 0 radical (unpaired) electrons. The van der Waals surface area contributed by atoms with E-state index in [0.717, 1.165) is 5.56 Å². The smallest absolute Gasteiger partial charge is 0.314 e. The molecule has 0 fully saturated rings. The summed E-state index contributed by atoms with van der Waals surface area (Å²) in [6.07, 6.45) is 1.44. The number of nitrogens with zero attached hydrogens (tertiary/aromatic N) is 1. The van der Waals surface area contributed by atoms with Crippen molar-refractivity contribution < 1.29 is 0 Å². The van der Waals surface area contributed by atoms with Crippen LogP contribution < -0.4 is 11.1 Å². The molecular weight excluding hydrogens is 286 g/mol. The van der Waals surface area contributed by atoms with Gasteiger partial charge in [-0.25, -0.2) is 0 Å². The fraction of sp³-hybridized carbons (Fsp3) is 0.0833. The first-order valence-electron chi connectivity index (χ1n) is 5.23. The normalized spacial score (nSPS) is 10.1. The molecule has 0 amide bonds. The Bertz CT molecular complexity index is 761. The molecule has 0 bridgehead atoms. The zero-order valence-electron chi connectivity index (χ0n) is 9.57. The molecule has 0 saturated heterocycles. The Morgan fingerprint density at radius 2 is 2.11 bits per heavy atom. The van der Waals surface area contributed by atoms with Crippen LogP contribution in [-0.4, -0.2) is 9.97 Å². The second kappa shape index (κ2) is 5.78. The van der Waals surface area contributed by atoms with Gasteiger partial charge in [0.2, 0.25) is 0 Å². The van der Waals surface area contributed by atoms with E-state index in [1.54, 1.807) is 18.2 Å². The van der Waals surface area contributed by atoms with Crippen LogP contribution >= 0.6 is 23.4 Å². The van der Waals surface area contributed by atoms with Crippen LogP contribution in [0.5, 0.6) is 0 Å². The van der Waals surface area contributed by atoms with Gasteiger partial charge in [-0.1, -0.05) is 17.7 Å². The molecule has 5 nitrogen and oxygen atoms in total. The fourth-order valence-corrected chi connectivity index (χ4v) is 2.57. The van der Waals surface area contributed by atoms with Crippen molar-refractivity contribution in [1.29, 1.82) is 5.26 Å². The molecule has 19 heavy (non-hydrogen) atoms. The van der Waals surface area contributed by atoms with Gasteiger partial charge < -0.3 is 9.97 Å². The Morgan fingerprint density at radius 3 is 2.74 bits per heavy atom. The summed E-state index contributed by atoms with van der Waals surface area (Å²) in [5, 5.41) is 9.77. The van der Waals surface area contributed by atoms with Crippen molar-refractivity contribution in [3.8, 4) is 6.07 Å². The number of hydrogen-bond donors (Lipinski definition) is 2. The topological polar surface area (TPSA) is 89.5 Å². The van der Waals surface area contributed by atoms with Crippen LogP contribution in [0.15, 0.2) is 39.0 Å². The third-order valence-corrected chi connectivity index (χ3v) is 3.68. The molecular formula is C12H8ClN3O2S. The quantitative estimate of drug-likeness (QED) is 0.668. The fourth-order valence-electron chi connectivity index (χ4n) is 1.37. The highest BCUT2D eigenvalue weighted by atomic mass is 35.5. The summed E-state index contributed by atoms with van der Waals surface area (Å²) in [6.45, 7) is 0. The molecule has 0 aliphatic rings. The third kappa shape index (κ3) is 3.28. The van der Waals surface area contributed by atoms with Crippen LogP contribution in [0.2, 0.25) is 5.02 Å². The van der Waals surface area contributed by atoms with Crippen LogP contribution in [0.4, 0.5) is 0 Å². The second-order valence-corrected chi connectivity index (χ2v) is 5.07. The van der Waals surface area contributed by atoms with Crippen molar-refractivity contribution in [1.82, 2.24) is 9.97 Å². The zero-order chi connectivity index (χ0) is 13.8. The van der Waals surface area contributed by atoms with Gasteiger partial charge in [-0.05, 0) is 17.7 Å². The molecule has 0 atom stereocenters. The summed E-state index contributed by atoms with van der Waals surface area (Å²) in [5.41, 5.74) is -0.0226. The van der Waals surface area contributed by atoms with Gasteiger partial charge in [-0.3, -0.25) is 9.59 Å². The highest BCUT2D eigenvalue weighted by Gasteiger charge is 2.04. The largest absolute Gasteiger partial charge is 0.322 e. The molecule has 2 rings (SSSR count). The Balaban J connectivity index is 2.14. The van der Waals surface area contributed by atoms with Crippen molar-refractivity contribution >= 4 is 23.4 Å². The highest BCUT2D eigenvalue weighted by molar-refractivity contribution is 7.98. The third-order valence-electron chi connectivity index (χ3n) is 2.34. The average Bonchev–Trinajstić information content (AvgIpc) is 2.41. The van der Waals surface area contributed by atoms with Gasteiger partial charge >= 0.3 is 11.1 Å². The van der Waals surface area contributed by atoms with E-state index in [0.29, 0.717) is 21.4 Å². The number of aromatic amines is 2. The van der Waals surface area contributed by atoms with E-state index in [2.05, 4.69) is 9.97 Å². The van der Waals surface area contributed by atoms with E-state index >= 15 is 0 Å². The maximum absolute atomic E-state index is 11.1. The second-order valence-electron chi connectivity index (χ2n) is 3.64. The Morgan fingerprint density at radius 1 is 1.32 bits per heavy atom. The summed E-state index contributed by atoms with van der Waals surface area (Å²) < 4.78 is 0. The molecule has 2 aromatic rings. The predicted octanol–water partition coefficient (Wildman–Crippen LogP) is 1.88. The summed E-state index contributed by atoms with van der Waals surface area (Å²) in [5.74, 6) is 0.520. The van der Waals surface area contributed by atoms with Gasteiger partial charge in [-0.15, -0.1) is 11.8 Å². The van der Waals surface area contributed by atoms with Gasteiger partial charge in [0.15, 0.2) is 0 Å². The first kappa shape index (κ1) is 13.5. The van der Waals surface area contributed by atoms with E-state index in [-0.39, 0.29) is 0 Å². The molecule has 0 aliphatic carbocycles. The predicted molar refractivity (Wildman–Crippen MR) is 73.4 cm³/mol. The summed E-state index contributed by atoms with van der Waals surface area (Å²) in [6, 6.07) is 7.03. The lowest BCUT2D eigenvalue weighted by molar-refractivity contribution is 0.971. The lowest BCUT2D eigenvalue weighted by Crippen LogP contribution is -2.28. The average molecular weight is 294 g/mol. The first-order chi connectivity index (χ1) is 9.10. The van der Waals surface area contributed by atoms with Crippen molar-refractivity contribution in [2.24, 2.45) is 0 Å². The van der Waals surface area contributed by atoms with E-state index in [4.69, 9.17) is 16.9 Å². The number of nitrogens with one attached hydrogen (secondary N) is 2. The SMILES string of the molecule is N#Cc1ccc(CSc2c[nH]c(=O)c(=O)[nH]2)c(Cl)c1. The standard InChI is InChI=1S/C12H8ClN3O2S/c13-9-3-7(4-14)1-2-8(9)6-19-10-5-15-11(17)12(18)16-10/h1-3,5H,6H2,(H,15,17)(H,16,18). The van der Waals surface area contributed by atoms with Crippen LogP contribution in [0.25, 0.3) is 0 Å². The van der Waals surface area contributed by atoms with E-state index < -0.39 is 11.1 Å². The summed E-state index contributed by atoms with van der Waals surface area (Å²) >= 11 is 7.37. The molecule has 96 valence electrons. The maximum atomic E-state index is 11.1. The molecule has 7 heteroatoms. The lowest BCUT2D eigenvalue weighted by atomic mass is 10.2. The lowest BCUT2D eigenvalue weighted by Gasteiger charge is -2.04. The van der Waals surface area contributed by atoms with Crippen LogP contribution in [-0.2, 0) is 5.75 Å². The molecule has 2 N–H and O–H groups in total. The number of H-pyrrole nitrogens is 2. The monoisotopic (exact) mass is 293 g/mol. The molecule has 1 heterocycles. The first-order valence-corrected chi connectivity index (χ1v) is 6.60. The van der Waals surface area contributed by atoms with Crippen molar-refractivity contribution in [2.45, 2.75) is 10.8 Å². The highest BCUT2D eigenvalue weighted by Crippen LogP contribution is 2.25. The van der Waals surface area contributed by atoms with E-state index in [1.807, 2.05) is 6.07 Å². The van der Waals surface area contributed by atoms with Gasteiger partial charge in [-0.2, -0.15) is 5.26 Å². The van der Waals surface area contributed by atoms with E-state index in [9.17, 15) is 9.59 Å². The molecule has 1 aromatic heterocycles. The van der Waals surface area contributed by atoms with Crippen LogP contribution in [0, 0.1) is 11.3 Å². The van der Waals surface area contributed by atoms with Gasteiger partial charge in [0.25, 0.3) is 0 Å². The number of hydrogen-bond acceptors (Lipinski definition) is 4. The van der Waals surface area contributed by atoms with Gasteiger partial charge in [0, 0.05) is 17.0 Å². The number of aromatic nitrogens is 2. The summed E-state index contributed by atoms with van der Waals surface area (Å²) in [7, 11) is 0. The number of halogens is 1. The van der Waals surface area contributed by atoms with Gasteiger partial charge in [0.05, 0.1) is 16.7 Å².